The number of piperidine rings is 1. The van der Waals surface area contributed by atoms with Gasteiger partial charge in [-0.3, -0.25) is 4.79 Å². The Labute approximate surface area is 141 Å². The number of likely N-dealkylation sites (tertiary alicyclic amines) is 1. The van der Waals surface area contributed by atoms with Crippen molar-refractivity contribution in [1.82, 2.24) is 10.2 Å². The van der Waals surface area contributed by atoms with Crippen LogP contribution in [0.3, 0.4) is 0 Å². The number of aliphatic carboxylic acids is 1. The molecule has 1 aromatic carbocycles. The van der Waals surface area contributed by atoms with Crippen LogP contribution in [0.15, 0.2) is 18.2 Å². The van der Waals surface area contributed by atoms with Crippen LogP contribution >= 0.6 is 0 Å². The van der Waals surface area contributed by atoms with Gasteiger partial charge in [0.25, 0.3) is 0 Å². The highest BCUT2D eigenvalue weighted by molar-refractivity contribution is 5.76. The molecule has 1 fully saturated rings. The number of ether oxygens (including phenoxy) is 1. The van der Waals surface area contributed by atoms with Gasteiger partial charge in [-0.05, 0) is 24.8 Å². The minimum Gasteiger partial charge on any atom is -0.493 e. The summed E-state index contributed by atoms with van der Waals surface area (Å²) < 4.78 is 5.81. The van der Waals surface area contributed by atoms with Crippen molar-refractivity contribution in [3.05, 3.63) is 29.3 Å². The predicted molar refractivity (Wildman–Crippen MR) is 89.1 cm³/mol. The number of aryl methyl sites for hydroxylation is 1. The second-order valence-corrected chi connectivity index (χ2v) is 6.43. The highest BCUT2D eigenvalue weighted by Gasteiger charge is 2.30. The van der Waals surface area contributed by atoms with E-state index >= 15 is 0 Å². The highest BCUT2D eigenvalue weighted by atomic mass is 16.5. The van der Waals surface area contributed by atoms with Crippen LogP contribution in [0.4, 0.5) is 4.79 Å². The van der Waals surface area contributed by atoms with Crippen LogP contribution in [0.5, 0.6) is 5.75 Å². The topological polar surface area (TPSA) is 78.9 Å². The summed E-state index contributed by atoms with van der Waals surface area (Å²) in [5.41, 5.74) is 2.20. The van der Waals surface area contributed by atoms with Gasteiger partial charge in [-0.15, -0.1) is 0 Å². The van der Waals surface area contributed by atoms with E-state index in [0.29, 0.717) is 32.5 Å². The van der Waals surface area contributed by atoms with Crippen molar-refractivity contribution in [2.24, 2.45) is 5.92 Å². The number of nitrogens with zero attached hydrogens (tertiary/aromatic N) is 1. The Kier molecular flexibility index (Phi) is 4.92. The Morgan fingerprint density at radius 2 is 2.04 bits per heavy atom. The summed E-state index contributed by atoms with van der Waals surface area (Å²) in [5.74, 6) is -0.188. The van der Waals surface area contributed by atoms with Crippen molar-refractivity contribution in [2.45, 2.75) is 38.6 Å². The van der Waals surface area contributed by atoms with Gasteiger partial charge in [-0.25, -0.2) is 4.79 Å². The molecule has 2 heterocycles. The quantitative estimate of drug-likeness (QED) is 0.892. The molecule has 1 atom stereocenters. The lowest BCUT2D eigenvalue weighted by Crippen LogP contribution is -2.47. The Morgan fingerprint density at radius 1 is 1.29 bits per heavy atom. The van der Waals surface area contributed by atoms with Crippen LogP contribution in [0.1, 0.15) is 43.4 Å². The molecule has 130 valence electrons. The molecule has 0 bridgehead atoms. The van der Waals surface area contributed by atoms with E-state index in [4.69, 9.17) is 9.84 Å². The van der Waals surface area contributed by atoms with Gasteiger partial charge in [-0.1, -0.05) is 25.1 Å². The lowest BCUT2D eigenvalue weighted by atomic mass is 9.96. The summed E-state index contributed by atoms with van der Waals surface area (Å²) in [4.78, 5) is 25.3. The molecule has 24 heavy (non-hydrogen) atoms. The first-order valence-corrected chi connectivity index (χ1v) is 8.63. The highest BCUT2D eigenvalue weighted by Crippen LogP contribution is 2.35. The second kappa shape index (κ2) is 7.11. The average Bonchev–Trinajstić information content (AvgIpc) is 2.61. The zero-order valence-corrected chi connectivity index (χ0v) is 14.0. The number of hydrogen-bond donors (Lipinski definition) is 2. The smallest absolute Gasteiger partial charge is 0.317 e. The summed E-state index contributed by atoms with van der Waals surface area (Å²) in [5, 5.41) is 12.1. The van der Waals surface area contributed by atoms with Crippen LogP contribution in [0, 0.1) is 5.92 Å². The molecule has 0 aliphatic carbocycles. The Balaban J connectivity index is 1.65. The third kappa shape index (κ3) is 3.32. The van der Waals surface area contributed by atoms with E-state index < -0.39 is 5.97 Å². The van der Waals surface area contributed by atoms with Crippen LogP contribution in [-0.4, -0.2) is 41.7 Å². The monoisotopic (exact) mass is 332 g/mol. The van der Waals surface area contributed by atoms with Gasteiger partial charge in [-0.2, -0.15) is 0 Å². The first-order chi connectivity index (χ1) is 11.6. The number of benzene rings is 1. The molecule has 1 aromatic rings. The van der Waals surface area contributed by atoms with Crippen LogP contribution in [0.25, 0.3) is 0 Å². The van der Waals surface area contributed by atoms with E-state index in [0.717, 1.165) is 29.7 Å². The SMILES string of the molecule is CCc1cccc2c1OCCC2NC(=O)N1CCC(C(=O)O)CC1. The van der Waals surface area contributed by atoms with E-state index in [1.807, 2.05) is 12.1 Å². The molecule has 2 N–H and O–H groups in total. The first-order valence-electron chi connectivity index (χ1n) is 8.63. The van der Waals surface area contributed by atoms with E-state index in [9.17, 15) is 9.59 Å². The first kappa shape index (κ1) is 16.6. The van der Waals surface area contributed by atoms with E-state index in [1.165, 1.54) is 0 Å². The minimum absolute atomic E-state index is 0.0510. The number of hydrogen-bond acceptors (Lipinski definition) is 3. The van der Waals surface area contributed by atoms with E-state index in [-0.39, 0.29) is 18.0 Å². The molecule has 0 aromatic heterocycles. The summed E-state index contributed by atoms with van der Waals surface area (Å²) in [6.07, 6.45) is 2.68. The number of fused-ring (bicyclic) bond motifs is 1. The van der Waals surface area contributed by atoms with Gasteiger partial charge in [0.05, 0.1) is 18.6 Å². The Hall–Kier alpha value is -2.24. The molecular weight excluding hydrogens is 308 g/mol. The summed E-state index contributed by atoms with van der Waals surface area (Å²) in [6.45, 7) is 3.67. The zero-order valence-electron chi connectivity index (χ0n) is 14.0. The minimum atomic E-state index is -0.763. The molecule has 6 nitrogen and oxygen atoms in total. The molecule has 0 saturated carbocycles. The molecule has 2 amide bonds. The van der Waals surface area contributed by atoms with Crippen LogP contribution < -0.4 is 10.1 Å². The summed E-state index contributed by atoms with van der Waals surface area (Å²) in [6, 6.07) is 5.90. The number of rotatable bonds is 3. The number of carbonyl (C=O) groups excluding carboxylic acids is 1. The van der Waals surface area contributed by atoms with Gasteiger partial charge in [0.15, 0.2) is 0 Å². The number of nitrogens with one attached hydrogen (secondary N) is 1. The summed E-state index contributed by atoms with van der Waals surface area (Å²) in [7, 11) is 0. The second-order valence-electron chi connectivity index (χ2n) is 6.43. The number of urea groups is 1. The largest absolute Gasteiger partial charge is 0.493 e. The molecule has 1 unspecified atom stereocenters. The van der Waals surface area contributed by atoms with Crippen molar-refractivity contribution in [2.75, 3.05) is 19.7 Å². The summed E-state index contributed by atoms with van der Waals surface area (Å²) >= 11 is 0. The average molecular weight is 332 g/mol. The number of para-hydroxylation sites is 1. The van der Waals surface area contributed by atoms with E-state index in [2.05, 4.69) is 18.3 Å². The fourth-order valence-electron chi connectivity index (χ4n) is 3.49. The molecular formula is C18H24N2O4. The molecule has 0 radical (unpaired) electrons. The number of carbonyl (C=O) groups is 2. The molecule has 0 spiro atoms. The van der Waals surface area contributed by atoms with Crippen molar-refractivity contribution < 1.29 is 19.4 Å². The Bertz CT molecular complexity index is 623. The zero-order chi connectivity index (χ0) is 17.1. The third-order valence-corrected chi connectivity index (χ3v) is 4.97. The van der Waals surface area contributed by atoms with Crippen molar-refractivity contribution >= 4 is 12.0 Å². The third-order valence-electron chi connectivity index (χ3n) is 4.97. The van der Waals surface area contributed by atoms with Gasteiger partial charge in [0, 0.05) is 25.1 Å². The van der Waals surface area contributed by atoms with Crippen LogP contribution in [-0.2, 0) is 11.2 Å². The van der Waals surface area contributed by atoms with Crippen LogP contribution in [0.2, 0.25) is 0 Å². The van der Waals surface area contributed by atoms with Crippen molar-refractivity contribution in [3.8, 4) is 5.75 Å². The molecule has 2 aliphatic heterocycles. The van der Waals surface area contributed by atoms with Gasteiger partial charge >= 0.3 is 12.0 Å². The number of carboxylic acids is 1. The fourth-order valence-corrected chi connectivity index (χ4v) is 3.49. The normalized spacial score (nSPS) is 20.9. The lowest BCUT2D eigenvalue weighted by molar-refractivity contribution is -0.143. The Morgan fingerprint density at radius 3 is 2.71 bits per heavy atom. The molecule has 3 rings (SSSR count). The molecule has 1 saturated heterocycles. The molecule has 2 aliphatic rings. The lowest BCUT2D eigenvalue weighted by Gasteiger charge is -2.33. The predicted octanol–water partition coefficient (Wildman–Crippen LogP) is 2.58. The van der Waals surface area contributed by atoms with Gasteiger partial charge in [0.1, 0.15) is 5.75 Å². The maximum absolute atomic E-state index is 12.5. The number of amides is 2. The van der Waals surface area contributed by atoms with Crippen molar-refractivity contribution in [3.63, 3.8) is 0 Å². The maximum Gasteiger partial charge on any atom is 0.317 e. The molecule has 6 heteroatoms. The van der Waals surface area contributed by atoms with E-state index in [1.54, 1.807) is 4.90 Å². The van der Waals surface area contributed by atoms with Crippen molar-refractivity contribution in [1.29, 1.82) is 0 Å². The fraction of sp³-hybridized carbons (Fsp3) is 0.556. The maximum atomic E-state index is 12.5. The van der Waals surface area contributed by atoms with Gasteiger partial charge < -0.3 is 20.1 Å². The van der Waals surface area contributed by atoms with Gasteiger partial charge in [0.2, 0.25) is 0 Å². The standard InChI is InChI=1S/C18H24N2O4/c1-2-12-4-3-5-14-15(8-11-24-16(12)14)19-18(23)20-9-6-13(7-10-20)17(21)22/h3-5,13,15H,2,6-11H2,1H3,(H,19,23)(H,21,22). The number of carboxylic acid groups (broad SMARTS) is 1.